The van der Waals surface area contributed by atoms with E-state index in [1.54, 1.807) is 0 Å². The molecular formula is C5H4FN2. The maximum atomic E-state index is 11.9. The molecule has 0 amide bonds. The van der Waals surface area contributed by atoms with Crippen LogP contribution in [-0.2, 0) is 0 Å². The fraction of sp³-hybridized carbons (Fsp3) is 0. The van der Waals surface area contributed by atoms with Crippen LogP contribution in [0.4, 0.5) is 4.39 Å². The molecule has 0 spiro atoms. The zero-order valence-corrected chi connectivity index (χ0v) is 4.13. The largest absolute Gasteiger partial charge is 0.233 e. The minimum absolute atomic E-state index is 0.478. The Hall–Kier alpha value is -0.990. The van der Waals surface area contributed by atoms with E-state index >= 15 is 0 Å². The van der Waals surface area contributed by atoms with Crippen LogP contribution in [0.1, 0.15) is 5.69 Å². The summed E-state index contributed by atoms with van der Waals surface area (Å²) in [6.45, 7) is 3.42. The van der Waals surface area contributed by atoms with Gasteiger partial charge in [0.15, 0.2) is 0 Å². The van der Waals surface area contributed by atoms with Crippen molar-refractivity contribution in [3.05, 3.63) is 30.7 Å². The summed E-state index contributed by atoms with van der Waals surface area (Å²) in [5.74, 6) is -0.572. The maximum Gasteiger partial charge on any atom is 0.233 e. The fourth-order valence-corrected chi connectivity index (χ4v) is 0.344. The lowest BCUT2D eigenvalue weighted by molar-refractivity contribution is 0.562. The highest BCUT2D eigenvalue weighted by Crippen LogP contribution is 1.89. The monoisotopic (exact) mass is 111 g/mol. The van der Waals surface area contributed by atoms with Crippen molar-refractivity contribution >= 4 is 0 Å². The van der Waals surface area contributed by atoms with Gasteiger partial charge in [0.25, 0.3) is 0 Å². The SMILES string of the molecule is [CH2]c1ccc(F)nn1. The van der Waals surface area contributed by atoms with Crippen LogP contribution in [0.3, 0.4) is 0 Å². The van der Waals surface area contributed by atoms with Crippen LogP contribution < -0.4 is 0 Å². The second-order valence-electron chi connectivity index (χ2n) is 1.35. The molecule has 0 aromatic carbocycles. The van der Waals surface area contributed by atoms with Gasteiger partial charge in [0, 0.05) is 0 Å². The normalized spacial score (nSPS) is 9.25. The van der Waals surface area contributed by atoms with Crippen LogP contribution in [0, 0.1) is 12.9 Å². The molecule has 2 nitrogen and oxygen atoms in total. The standard InChI is InChI=1S/C5H4FN2/c1-4-2-3-5(6)8-7-4/h2-3H,1H2. The Labute approximate surface area is 46.4 Å². The van der Waals surface area contributed by atoms with Crippen LogP contribution in [0.25, 0.3) is 0 Å². The Morgan fingerprint density at radius 3 is 2.50 bits per heavy atom. The minimum Gasteiger partial charge on any atom is -0.183 e. The quantitative estimate of drug-likeness (QED) is 0.494. The molecule has 0 saturated heterocycles. The van der Waals surface area contributed by atoms with Gasteiger partial charge in [-0.05, 0) is 19.1 Å². The zero-order valence-electron chi connectivity index (χ0n) is 4.13. The van der Waals surface area contributed by atoms with Gasteiger partial charge in [-0.25, -0.2) is 0 Å². The predicted octanol–water partition coefficient (Wildman–Crippen LogP) is 0.798. The van der Waals surface area contributed by atoms with Gasteiger partial charge >= 0.3 is 0 Å². The molecule has 1 aromatic heterocycles. The van der Waals surface area contributed by atoms with E-state index in [0.29, 0.717) is 5.69 Å². The summed E-state index contributed by atoms with van der Waals surface area (Å²) in [7, 11) is 0. The molecule has 0 aliphatic heterocycles. The summed E-state index contributed by atoms with van der Waals surface area (Å²) in [6, 6.07) is 2.68. The first kappa shape index (κ1) is 5.15. The number of rotatable bonds is 0. The Balaban J connectivity index is 3.03. The van der Waals surface area contributed by atoms with E-state index in [1.165, 1.54) is 12.1 Å². The third kappa shape index (κ3) is 0.992. The van der Waals surface area contributed by atoms with Gasteiger partial charge in [0.2, 0.25) is 5.95 Å². The van der Waals surface area contributed by atoms with Crippen LogP contribution in [0.15, 0.2) is 12.1 Å². The molecule has 0 unspecified atom stereocenters. The Kier molecular flexibility index (Phi) is 1.20. The molecule has 0 bridgehead atoms. The number of halogens is 1. The molecule has 8 heavy (non-hydrogen) atoms. The third-order valence-corrected chi connectivity index (χ3v) is 0.687. The maximum absolute atomic E-state index is 11.9. The van der Waals surface area contributed by atoms with E-state index in [4.69, 9.17) is 0 Å². The van der Waals surface area contributed by atoms with E-state index in [-0.39, 0.29) is 0 Å². The van der Waals surface area contributed by atoms with Crippen molar-refractivity contribution in [1.29, 1.82) is 0 Å². The molecule has 1 aromatic rings. The Morgan fingerprint density at radius 1 is 1.38 bits per heavy atom. The molecule has 0 N–H and O–H groups in total. The molecule has 1 rings (SSSR count). The van der Waals surface area contributed by atoms with Crippen molar-refractivity contribution in [3.8, 4) is 0 Å². The lowest BCUT2D eigenvalue weighted by atomic mass is 10.4. The second kappa shape index (κ2) is 1.86. The van der Waals surface area contributed by atoms with Crippen molar-refractivity contribution in [2.45, 2.75) is 0 Å². The first-order chi connectivity index (χ1) is 3.79. The van der Waals surface area contributed by atoms with Crippen molar-refractivity contribution in [2.75, 3.05) is 0 Å². The van der Waals surface area contributed by atoms with Crippen LogP contribution in [0.5, 0.6) is 0 Å². The van der Waals surface area contributed by atoms with Crippen molar-refractivity contribution < 1.29 is 4.39 Å². The molecular weight excluding hydrogens is 107 g/mol. The summed E-state index contributed by atoms with van der Waals surface area (Å²) in [6.07, 6.45) is 0. The summed E-state index contributed by atoms with van der Waals surface area (Å²) < 4.78 is 11.9. The highest BCUT2D eigenvalue weighted by atomic mass is 19.1. The van der Waals surface area contributed by atoms with E-state index < -0.39 is 5.95 Å². The van der Waals surface area contributed by atoms with Crippen LogP contribution in [0.2, 0.25) is 0 Å². The lowest BCUT2D eigenvalue weighted by Gasteiger charge is -1.84. The van der Waals surface area contributed by atoms with Crippen LogP contribution >= 0.6 is 0 Å². The molecule has 3 heteroatoms. The topological polar surface area (TPSA) is 25.8 Å². The molecule has 1 radical (unpaired) electrons. The summed E-state index contributed by atoms with van der Waals surface area (Å²) in [5, 5.41) is 6.44. The van der Waals surface area contributed by atoms with Gasteiger partial charge in [-0.3, -0.25) is 0 Å². The number of hydrogen-bond donors (Lipinski definition) is 0. The van der Waals surface area contributed by atoms with E-state index in [2.05, 4.69) is 17.1 Å². The molecule has 0 atom stereocenters. The van der Waals surface area contributed by atoms with Crippen molar-refractivity contribution in [2.24, 2.45) is 0 Å². The average molecular weight is 111 g/mol. The molecule has 0 aliphatic rings. The molecule has 0 fully saturated rings. The van der Waals surface area contributed by atoms with E-state index in [1.807, 2.05) is 0 Å². The van der Waals surface area contributed by atoms with Crippen molar-refractivity contribution in [3.63, 3.8) is 0 Å². The molecule has 0 aliphatic carbocycles. The predicted molar refractivity (Wildman–Crippen MR) is 26.4 cm³/mol. The smallest absolute Gasteiger partial charge is 0.183 e. The summed E-state index contributed by atoms with van der Waals surface area (Å²) >= 11 is 0. The van der Waals surface area contributed by atoms with Gasteiger partial charge in [0.05, 0.1) is 5.69 Å². The Morgan fingerprint density at radius 2 is 2.12 bits per heavy atom. The number of aromatic nitrogens is 2. The average Bonchev–Trinajstić information content (AvgIpc) is 1.77. The summed E-state index contributed by atoms with van der Waals surface area (Å²) in [4.78, 5) is 0. The first-order valence-electron chi connectivity index (χ1n) is 2.10. The van der Waals surface area contributed by atoms with Gasteiger partial charge in [-0.2, -0.15) is 9.49 Å². The first-order valence-corrected chi connectivity index (χ1v) is 2.10. The highest BCUT2D eigenvalue weighted by molar-refractivity contribution is 5.02. The lowest BCUT2D eigenvalue weighted by Crippen LogP contribution is -1.87. The summed E-state index contributed by atoms with van der Waals surface area (Å²) in [5.41, 5.74) is 0.478. The van der Waals surface area contributed by atoms with E-state index in [9.17, 15) is 4.39 Å². The van der Waals surface area contributed by atoms with Crippen LogP contribution in [-0.4, -0.2) is 10.2 Å². The fourth-order valence-electron chi connectivity index (χ4n) is 0.344. The van der Waals surface area contributed by atoms with Gasteiger partial charge in [0.1, 0.15) is 0 Å². The van der Waals surface area contributed by atoms with Gasteiger partial charge in [-0.15, -0.1) is 5.10 Å². The second-order valence-corrected chi connectivity index (χ2v) is 1.35. The highest BCUT2D eigenvalue weighted by Gasteiger charge is 1.86. The number of hydrogen-bond acceptors (Lipinski definition) is 2. The Bertz CT molecular complexity index is 149. The van der Waals surface area contributed by atoms with Gasteiger partial charge in [-0.1, -0.05) is 0 Å². The number of nitrogens with zero attached hydrogens (tertiary/aromatic N) is 2. The van der Waals surface area contributed by atoms with Crippen molar-refractivity contribution in [1.82, 2.24) is 10.2 Å². The third-order valence-electron chi connectivity index (χ3n) is 0.687. The molecule has 1 heterocycles. The minimum atomic E-state index is -0.572. The molecule has 41 valence electrons. The van der Waals surface area contributed by atoms with Gasteiger partial charge < -0.3 is 0 Å². The molecule has 0 saturated carbocycles. The zero-order chi connectivity index (χ0) is 5.98. The van der Waals surface area contributed by atoms with E-state index in [0.717, 1.165) is 0 Å².